The van der Waals surface area contributed by atoms with Crippen molar-refractivity contribution >= 4 is 5.91 Å². The molecule has 72 valence electrons. The van der Waals surface area contributed by atoms with Gasteiger partial charge >= 0.3 is 0 Å². The van der Waals surface area contributed by atoms with Crippen LogP contribution < -0.4 is 5.32 Å². The molecule has 0 aliphatic carbocycles. The van der Waals surface area contributed by atoms with E-state index in [4.69, 9.17) is 0 Å². The van der Waals surface area contributed by atoms with Gasteiger partial charge < -0.3 is 10.4 Å². The summed E-state index contributed by atoms with van der Waals surface area (Å²) in [5.41, 5.74) is -1.52. The fourth-order valence-corrected chi connectivity index (χ4v) is 0.636. The first-order valence-electron chi connectivity index (χ1n) is 4.24. The summed E-state index contributed by atoms with van der Waals surface area (Å²) in [5, 5.41) is 12.3. The number of amides is 1. The maximum Gasteiger partial charge on any atom is 0.252 e. The van der Waals surface area contributed by atoms with Crippen molar-refractivity contribution < 1.29 is 9.90 Å². The van der Waals surface area contributed by atoms with Gasteiger partial charge in [0.15, 0.2) is 0 Å². The van der Waals surface area contributed by atoms with E-state index < -0.39 is 5.60 Å². The van der Waals surface area contributed by atoms with Gasteiger partial charge in [0.25, 0.3) is 5.91 Å². The Kier molecular flexibility index (Phi) is 3.27. The van der Waals surface area contributed by atoms with E-state index in [9.17, 15) is 9.90 Å². The second-order valence-electron chi connectivity index (χ2n) is 4.33. The number of hydrogen-bond donors (Lipinski definition) is 2. The number of aliphatic hydroxyl groups is 1. The lowest BCUT2D eigenvalue weighted by atomic mass is 10.00. The van der Waals surface area contributed by atoms with Crippen LogP contribution in [0, 0.1) is 0 Å². The fourth-order valence-electron chi connectivity index (χ4n) is 0.636. The lowest BCUT2D eigenvalue weighted by Crippen LogP contribution is -2.51. The molecule has 0 saturated carbocycles. The van der Waals surface area contributed by atoms with Gasteiger partial charge in [0.05, 0.1) is 0 Å². The van der Waals surface area contributed by atoms with Crippen molar-refractivity contribution in [1.82, 2.24) is 5.32 Å². The molecular formula is C9H19NO2. The second kappa shape index (κ2) is 3.44. The Labute approximate surface area is 74.2 Å². The third-order valence-corrected chi connectivity index (χ3v) is 1.67. The van der Waals surface area contributed by atoms with E-state index in [1.54, 1.807) is 6.92 Å². The average Bonchev–Trinajstić information content (AvgIpc) is 1.84. The molecule has 3 heteroatoms. The Morgan fingerprint density at radius 2 is 1.75 bits per heavy atom. The first kappa shape index (κ1) is 11.4. The molecule has 0 unspecified atom stereocenters. The van der Waals surface area contributed by atoms with Crippen LogP contribution in [0.4, 0.5) is 0 Å². The Morgan fingerprint density at radius 1 is 1.33 bits per heavy atom. The molecule has 0 aliphatic heterocycles. The number of carbonyl (C=O) groups excluding carboxylic acids is 1. The standard InChI is InChI=1S/C9H19NO2/c1-6-9(5,12)7(11)10-8(2,3)4/h12H,6H2,1-5H3,(H,10,11)/t9-/m1/s1. The minimum Gasteiger partial charge on any atom is -0.380 e. The predicted octanol–water partition coefficient (Wildman–Crippen LogP) is 1.06. The molecule has 0 aromatic rings. The van der Waals surface area contributed by atoms with Crippen LogP contribution in [0.3, 0.4) is 0 Å². The van der Waals surface area contributed by atoms with Crippen LogP contribution in [0.2, 0.25) is 0 Å². The summed E-state index contributed by atoms with van der Waals surface area (Å²) in [6, 6.07) is 0. The molecule has 0 saturated heterocycles. The molecule has 1 atom stereocenters. The van der Waals surface area contributed by atoms with Crippen molar-refractivity contribution in [2.45, 2.75) is 52.2 Å². The maximum absolute atomic E-state index is 11.4. The Balaban J connectivity index is 4.23. The van der Waals surface area contributed by atoms with E-state index in [-0.39, 0.29) is 11.4 Å². The monoisotopic (exact) mass is 173 g/mol. The summed E-state index contributed by atoms with van der Waals surface area (Å²) in [7, 11) is 0. The second-order valence-corrected chi connectivity index (χ2v) is 4.33. The third kappa shape index (κ3) is 3.72. The third-order valence-electron chi connectivity index (χ3n) is 1.67. The summed E-state index contributed by atoms with van der Waals surface area (Å²) in [5.74, 6) is -0.308. The normalized spacial score (nSPS) is 16.8. The Morgan fingerprint density at radius 3 is 2.00 bits per heavy atom. The summed E-state index contributed by atoms with van der Waals surface area (Å²) in [6.45, 7) is 8.96. The zero-order chi connectivity index (χ0) is 9.99. The van der Waals surface area contributed by atoms with Crippen molar-refractivity contribution in [1.29, 1.82) is 0 Å². The Bertz CT molecular complexity index is 168. The summed E-state index contributed by atoms with van der Waals surface area (Å²) >= 11 is 0. The highest BCUT2D eigenvalue weighted by Crippen LogP contribution is 2.10. The summed E-state index contributed by atoms with van der Waals surface area (Å²) in [6.07, 6.45) is 0.426. The first-order chi connectivity index (χ1) is 5.19. The smallest absolute Gasteiger partial charge is 0.252 e. The van der Waals surface area contributed by atoms with Crippen LogP contribution in [0.25, 0.3) is 0 Å². The quantitative estimate of drug-likeness (QED) is 0.656. The van der Waals surface area contributed by atoms with Gasteiger partial charge in [-0.15, -0.1) is 0 Å². The number of nitrogens with one attached hydrogen (secondary N) is 1. The predicted molar refractivity (Wildman–Crippen MR) is 48.8 cm³/mol. The van der Waals surface area contributed by atoms with Crippen molar-refractivity contribution in [2.75, 3.05) is 0 Å². The molecule has 2 N–H and O–H groups in total. The molecule has 0 aromatic carbocycles. The van der Waals surface area contributed by atoms with E-state index in [0.29, 0.717) is 6.42 Å². The highest BCUT2D eigenvalue weighted by molar-refractivity contribution is 5.84. The topological polar surface area (TPSA) is 49.3 Å². The lowest BCUT2D eigenvalue weighted by Gasteiger charge is -2.27. The minimum absolute atomic E-state index is 0.282. The van der Waals surface area contributed by atoms with E-state index >= 15 is 0 Å². The molecule has 12 heavy (non-hydrogen) atoms. The molecule has 0 aromatic heterocycles. The molecule has 0 rings (SSSR count). The molecule has 0 fully saturated rings. The fraction of sp³-hybridized carbons (Fsp3) is 0.889. The average molecular weight is 173 g/mol. The van der Waals surface area contributed by atoms with Crippen molar-refractivity contribution in [3.05, 3.63) is 0 Å². The largest absolute Gasteiger partial charge is 0.380 e. The molecule has 1 amide bonds. The van der Waals surface area contributed by atoms with E-state index in [2.05, 4.69) is 5.32 Å². The van der Waals surface area contributed by atoms with Crippen LogP contribution in [0.5, 0.6) is 0 Å². The van der Waals surface area contributed by atoms with Gasteiger partial charge in [-0.2, -0.15) is 0 Å². The highest BCUT2D eigenvalue weighted by atomic mass is 16.3. The van der Waals surface area contributed by atoms with Gasteiger partial charge in [-0.1, -0.05) is 6.92 Å². The van der Waals surface area contributed by atoms with Crippen LogP contribution in [0.1, 0.15) is 41.0 Å². The SMILES string of the molecule is CC[C@@](C)(O)C(=O)NC(C)(C)C. The zero-order valence-electron chi connectivity index (χ0n) is 8.56. The molecule has 0 radical (unpaired) electrons. The molecule has 0 aliphatic rings. The van der Waals surface area contributed by atoms with Gasteiger partial charge in [-0.25, -0.2) is 0 Å². The van der Waals surface area contributed by atoms with E-state index in [1.165, 1.54) is 6.92 Å². The summed E-state index contributed by atoms with van der Waals surface area (Å²) < 4.78 is 0. The van der Waals surface area contributed by atoms with Gasteiger partial charge in [0.2, 0.25) is 0 Å². The zero-order valence-corrected chi connectivity index (χ0v) is 8.56. The van der Waals surface area contributed by atoms with Gasteiger partial charge in [-0.3, -0.25) is 4.79 Å². The molecular weight excluding hydrogens is 154 g/mol. The number of rotatable bonds is 2. The Hall–Kier alpha value is -0.570. The molecule has 0 heterocycles. The van der Waals surface area contributed by atoms with Crippen molar-refractivity contribution in [2.24, 2.45) is 0 Å². The lowest BCUT2D eigenvalue weighted by molar-refractivity contribution is -0.139. The minimum atomic E-state index is -1.24. The van der Waals surface area contributed by atoms with E-state index in [1.807, 2.05) is 20.8 Å². The molecule has 0 bridgehead atoms. The molecule has 3 nitrogen and oxygen atoms in total. The number of hydrogen-bond acceptors (Lipinski definition) is 2. The van der Waals surface area contributed by atoms with Gasteiger partial charge in [-0.05, 0) is 34.1 Å². The first-order valence-corrected chi connectivity index (χ1v) is 4.24. The summed E-state index contributed by atoms with van der Waals surface area (Å²) in [4.78, 5) is 11.4. The van der Waals surface area contributed by atoms with Gasteiger partial charge in [0, 0.05) is 5.54 Å². The van der Waals surface area contributed by atoms with E-state index in [0.717, 1.165) is 0 Å². The molecule has 0 spiro atoms. The van der Waals surface area contributed by atoms with Gasteiger partial charge in [0.1, 0.15) is 5.60 Å². The maximum atomic E-state index is 11.4. The highest BCUT2D eigenvalue weighted by Gasteiger charge is 2.30. The van der Waals surface area contributed by atoms with Crippen molar-refractivity contribution in [3.8, 4) is 0 Å². The van der Waals surface area contributed by atoms with Crippen LogP contribution in [0.15, 0.2) is 0 Å². The van der Waals surface area contributed by atoms with Crippen molar-refractivity contribution in [3.63, 3.8) is 0 Å². The number of carbonyl (C=O) groups is 1. The van der Waals surface area contributed by atoms with Crippen LogP contribution in [-0.4, -0.2) is 22.2 Å². The van der Waals surface area contributed by atoms with Crippen LogP contribution in [-0.2, 0) is 4.79 Å². The van der Waals surface area contributed by atoms with Crippen LogP contribution >= 0.6 is 0 Å².